The molecule has 0 bridgehead atoms. The second-order valence-corrected chi connectivity index (χ2v) is 7.22. The Morgan fingerprint density at radius 1 is 1.14 bits per heavy atom. The summed E-state index contributed by atoms with van der Waals surface area (Å²) in [4.78, 5) is 0.848. The summed E-state index contributed by atoms with van der Waals surface area (Å²) in [5, 5.41) is 17.5. The third-order valence-corrected chi connectivity index (χ3v) is 4.10. The van der Waals surface area contributed by atoms with Crippen LogP contribution in [-0.4, -0.2) is 19.8 Å². The van der Waals surface area contributed by atoms with Gasteiger partial charge in [0, 0.05) is 11.1 Å². The van der Waals surface area contributed by atoms with Crippen LogP contribution in [0.25, 0.3) is 4.96 Å². The number of fused-ring (bicyclic) bond motifs is 1. The molecule has 1 N–H and O–H groups in total. The number of rotatable bonds is 3. The molecule has 0 radical (unpaired) electrons. The van der Waals surface area contributed by atoms with Gasteiger partial charge >= 0.3 is 0 Å². The lowest BCUT2D eigenvalue weighted by Gasteiger charge is -2.13. The summed E-state index contributed by atoms with van der Waals surface area (Å²) in [6.07, 6.45) is 0. The second-order valence-electron chi connectivity index (χ2n) is 6.18. The number of aromatic nitrogens is 4. The molecular formula is C15H19N5S. The molecule has 0 saturated heterocycles. The number of hydrogen-bond donors (Lipinski definition) is 1. The van der Waals surface area contributed by atoms with Gasteiger partial charge in [0.05, 0.1) is 6.54 Å². The average molecular weight is 301 g/mol. The topological polar surface area (TPSA) is 55.1 Å². The summed E-state index contributed by atoms with van der Waals surface area (Å²) >= 11 is 1.57. The quantitative estimate of drug-likeness (QED) is 0.805. The highest BCUT2D eigenvalue weighted by molar-refractivity contribution is 7.16. The molecule has 6 heteroatoms. The molecule has 0 saturated carbocycles. The Kier molecular flexibility index (Phi) is 3.41. The summed E-state index contributed by atoms with van der Waals surface area (Å²) < 4.78 is 1.86. The largest absolute Gasteiger partial charge is 0.378 e. The van der Waals surface area contributed by atoms with E-state index in [2.05, 4.69) is 72.6 Å². The Hall–Kier alpha value is -1.95. The Morgan fingerprint density at radius 2 is 1.86 bits per heavy atom. The smallest absolute Gasteiger partial charge is 0.234 e. The van der Waals surface area contributed by atoms with E-state index in [1.54, 1.807) is 11.3 Å². The molecule has 0 amide bonds. The molecule has 110 valence electrons. The van der Waals surface area contributed by atoms with Crippen LogP contribution in [0.2, 0.25) is 0 Å². The van der Waals surface area contributed by atoms with Gasteiger partial charge in [-0.15, -0.1) is 10.2 Å². The van der Waals surface area contributed by atoms with Gasteiger partial charge in [0.1, 0.15) is 5.01 Å². The van der Waals surface area contributed by atoms with E-state index in [-0.39, 0.29) is 5.41 Å². The minimum Gasteiger partial charge on any atom is -0.378 e. The summed E-state index contributed by atoms with van der Waals surface area (Å²) in [6.45, 7) is 9.13. The third kappa shape index (κ3) is 2.90. The third-order valence-electron chi connectivity index (χ3n) is 3.20. The normalized spacial score (nSPS) is 12.0. The first-order chi connectivity index (χ1) is 9.93. The Labute approximate surface area is 128 Å². The molecule has 3 aromatic rings. The van der Waals surface area contributed by atoms with Crippen LogP contribution >= 0.6 is 11.3 Å². The van der Waals surface area contributed by atoms with Crippen molar-refractivity contribution in [3.05, 3.63) is 40.7 Å². The van der Waals surface area contributed by atoms with E-state index < -0.39 is 0 Å². The maximum absolute atomic E-state index is 4.62. The number of aryl methyl sites for hydroxylation is 1. The number of benzene rings is 1. The van der Waals surface area contributed by atoms with Crippen LogP contribution in [0.3, 0.4) is 0 Å². The second kappa shape index (κ2) is 5.11. The van der Waals surface area contributed by atoms with Crippen LogP contribution in [0.4, 0.5) is 5.69 Å². The van der Waals surface area contributed by atoms with Crippen molar-refractivity contribution in [2.45, 2.75) is 39.7 Å². The number of nitrogens with one attached hydrogen (secondary N) is 1. The van der Waals surface area contributed by atoms with Crippen LogP contribution in [0.5, 0.6) is 0 Å². The Balaban J connectivity index is 1.79. The number of hydrogen-bond acceptors (Lipinski definition) is 5. The molecule has 21 heavy (non-hydrogen) atoms. The number of nitrogens with zero attached hydrogens (tertiary/aromatic N) is 4. The zero-order valence-electron chi connectivity index (χ0n) is 12.7. The fourth-order valence-electron chi connectivity index (χ4n) is 2.04. The van der Waals surface area contributed by atoms with Gasteiger partial charge in [0.15, 0.2) is 5.82 Å². The first-order valence-electron chi connectivity index (χ1n) is 6.95. The van der Waals surface area contributed by atoms with Crippen molar-refractivity contribution < 1.29 is 0 Å². The van der Waals surface area contributed by atoms with Crippen LogP contribution < -0.4 is 5.32 Å². The fourth-order valence-corrected chi connectivity index (χ4v) is 2.82. The predicted molar refractivity (Wildman–Crippen MR) is 85.9 cm³/mol. The standard InChI is InChI=1S/C15H19N5S/c1-10-5-7-11(8-6-10)16-9-12-19-20-13(15(2,3)4)17-18-14(20)21-12/h5-8,16H,9H2,1-4H3. The highest BCUT2D eigenvalue weighted by atomic mass is 32.1. The zero-order valence-corrected chi connectivity index (χ0v) is 13.5. The molecule has 5 nitrogen and oxygen atoms in total. The molecule has 2 heterocycles. The molecular weight excluding hydrogens is 282 g/mol. The summed E-state index contributed by atoms with van der Waals surface area (Å²) in [5.74, 6) is 0.898. The van der Waals surface area contributed by atoms with Gasteiger partial charge in [-0.2, -0.15) is 9.61 Å². The van der Waals surface area contributed by atoms with Crippen LogP contribution in [0.15, 0.2) is 24.3 Å². The summed E-state index contributed by atoms with van der Waals surface area (Å²) in [7, 11) is 0. The van der Waals surface area contributed by atoms with Gasteiger partial charge in [-0.25, -0.2) is 0 Å². The lowest BCUT2D eigenvalue weighted by atomic mass is 9.96. The van der Waals surface area contributed by atoms with Crippen molar-refractivity contribution in [3.8, 4) is 0 Å². The van der Waals surface area contributed by atoms with E-state index in [0.29, 0.717) is 6.54 Å². The SMILES string of the molecule is Cc1ccc(NCc2nn3c(C(C)(C)C)nnc3s2)cc1. The Bertz CT molecular complexity index is 749. The zero-order chi connectivity index (χ0) is 15.0. The predicted octanol–water partition coefficient (Wildman–Crippen LogP) is 3.40. The van der Waals surface area contributed by atoms with Gasteiger partial charge in [0.25, 0.3) is 0 Å². The molecule has 0 aliphatic heterocycles. The van der Waals surface area contributed by atoms with Gasteiger partial charge in [0.2, 0.25) is 4.96 Å². The maximum atomic E-state index is 4.62. The van der Waals surface area contributed by atoms with Crippen LogP contribution in [-0.2, 0) is 12.0 Å². The first kappa shape index (κ1) is 14.0. The lowest BCUT2D eigenvalue weighted by molar-refractivity contribution is 0.526. The molecule has 3 rings (SSSR count). The molecule has 0 aliphatic carbocycles. The van der Waals surface area contributed by atoms with Gasteiger partial charge in [-0.3, -0.25) is 0 Å². The minimum atomic E-state index is -0.0604. The average Bonchev–Trinajstić information content (AvgIpc) is 2.96. The van der Waals surface area contributed by atoms with E-state index in [1.807, 2.05) is 4.52 Å². The van der Waals surface area contributed by atoms with Crippen molar-refractivity contribution in [1.82, 2.24) is 19.8 Å². The van der Waals surface area contributed by atoms with Crippen molar-refractivity contribution in [1.29, 1.82) is 0 Å². The Morgan fingerprint density at radius 3 is 2.52 bits per heavy atom. The van der Waals surface area contributed by atoms with Gasteiger partial charge in [-0.05, 0) is 19.1 Å². The van der Waals surface area contributed by atoms with Crippen molar-refractivity contribution in [3.63, 3.8) is 0 Å². The van der Waals surface area contributed by atoms with Crippen molar-refractivity contribution >= 4 is 22.0 Å². The van der Waals surface area contributed by atoms with E-state index in [0.717, 1.165) is 21.5 Å². The maximum Gasteiger partial charge on any atom is 0.234 e. The summed E-state index contributed by atoms with van der Waals surface area (Å²) in [5.41, 5.74) is 2.30. The number of anilines is 1. The van der Waals surface area contributed by atoms with E-state index >= 15 is 0 Å². The van der Waals surface area contributed by atoms with Crippen LogP contribution in [0, 0.1) is 6.92 Å². The highest BCUT2D eigenvalue weighted by Gasteiger charge is 2.23. The lowest BCUT2D eigenvalue weighted by Crippen LogP contribution is -2.16. The molecule has 0 atom stereocenters. The van der Waals surface area contributed by atoms with Gasteiger partial charge < -0.3 is 5.32 Å². The van der Waals surface area contributed by atoms with Crippen molar-refractivity contribution in [2.75, 3.05) is 5.32 Å². The summed E-state index contributed by atoms with van der Waals surface area (Å²) in [6, 6.07) is 8.35. The van der Waals surface area contributed by atoms with E-state index in [1.165, 1.54) is 5.56 Å². The minimum absolute atomic E-state index is 0.0604. The molecule has 0 unspecified atom stereocenters. The monoisotopic (exact) mass is 301 g/mol. The first-order valence-corrected chi connectivity index (χ1v) is 7.77. The molecule has 0 fully saturated rings. The van der Waals surface area contributed by atoms with E-state index in [9.17, 15) is 0 Å². The molecule has 2 aromatic heterocycles. The highest BCUT2D eigenvalue weighted by Crippen LogP contribution is 2.23. The fraction of sp³-hybridized carbons (Fsp3) is 0.400. The van der Waals surface area contributed by atoms with E-state index in [4.69, 9.17) is 0 Å². The molecule has 0 aliphatic rings. The van der Waals surface area contributed by atoms with Crippen LogP contribution in [0.1, 0.15) is 37.2 Å². The molecule has 1 aromatic carbocycles. The van der Waals surface area contributed by atoms with Crippen molar-refractivity contribution in [2.24, 2.45) is 0 Å². The van der Waals surface area contributed by atoms with Gasteiger partial charge in [-0.1, -0.05) is 49.8 Å². The molecule has 0 spiro atoms.